The highest BCUT2D eigenvalue weighted by Crippen LogP contribution is 2.58. The van der Waals surface area contributed by atoms with E-state index in [1.807, 2.05) is 12.1 Å². The largest absolute Gasteiger partial charge is 0.478 e. The van der Waals surface area contributed by atoms with Gasteiger partial charge in [-0.05, 0) is 130 Å². The minimum absolute atomic E-state index is 0.0297. The lowest BCUT2D eigenvalue weighted by Gasteiger charge is -2.35. The SMILES string of the molecule is CCCCCCCCC1(CCCCCCCC)c2ccccc2-c2ccc(N(c3ccc(-c4ccc(C(=O)O)cc4)cc3)c3ccc4c(c3)C(CCCCCCCC)(CCCCCCCC)c3ccccc3-4)cc21. The quantitative estimate of drug-likeness (QED) is 0.0418. The van der Waals surface area contributed by atoms with Gasteiger partial charge in [0.25, 0.3) is 0 Å². The molecule has 6 aromatic rings. The van der Waals surface area contributed by atoms with Gasteiger partial charge < -0.3 is 10.0 Å². The third-order valence-corrected chi connectivity index (χ3v) is 17.4. The second kappa shape index (κ2) is 27.4. The first kappa shape index (κ1) is 54.8. The van der Waals surface area contributed by atoms with Crippen molar-refractivity contribution in [3.8, 4) is 33.4 Å². The Bertz CT molecular complexity index is 2510. The van der Waals surface area contributed by atoms with E-state index >= 15 is 0 Å². The molecule has 2 aliphatic rings. The number of carboxylic acid groups (broad SMARTS) is 1. The Kier molecular flexibility index (Phi) is 20.3. The van der Waals surface area contributed by atoms with Crippen LogP contribution < -0.4 is 4.90 Å². The van der Waals surface area contributed by atoms with Gasteiger partial charge in [0.2, 0.25) is 0 Å². The molecule has 0 spiro atoms. The van der Waals surface area contributed by atoms with Gasteiger partial charge in [0.15, 0.2) is 0 Å². The summed E-state index contributed by atoms with van der Waals surface area (Å²) in [5.41, 5.74) is 17.7. The van der Waals surface area contributed by atoms with Crippen molar-refractivity contribution < 1.29 is 9.90 Å². The number of fused-ring (bicyclic) bond motifs is 6. The summed E-state index contributed by atoms with van der Waals surface area (Å²) in [6.45, 7) is 9.29. The molecular formula is C71H91NO2. The standard InChI is InChI=1S/C71H91NO2/c1-5-9-13-17-21-29-49-70(50-30-22-18-14-10-6-2)65-35-27-25-33-61(65)63-47-45-59(53-67(63)70)72(58-43-41-56(42-44-58)55-37-39-57(40-38-55)69(73)74)60-46-48-64-62-34-26-28-36-66(62)71(68(64)54-60,51-31-23-19-15-11-7-3)52-32-24-20-16-12-8-4/h25-28,33-48,53-54H,5-24,29-32,49-52H2,1-4H3,(H,73,74). The molecule has 74 heavy (non-hydrogen) atoms. The number of hydrogen-bond acceptors (Lipinski definition) is 2. The zero-order valence-electron chi connectivity index (χ0n) is 46.3. The van der Waals surface area contributed by atoms with Crippen molar-refractivity contribution in [1.82, 2.24) is 0 Å². The van der Waals surface area contributed by atoms with E-state index in [4.69, 9.17) is 0 Å². The van der Waals surface area contributed by atoms with Gasteiger partial charge in [-0.1, -0.05) is 267 Å². The number of carboxylic acids is 1. The number of nitrogens with zero attached hydrogens (tertiary/aromatic N) is 1. The highest BCUT2D eigenvalue weighted by atomic mass is 16.4. The first-order chi connectivity index (χ1) is 36.4. The molecule has 3 nitrogen and oxygen atoms in total. The fraction of sp³-hybridized carbons (Fsp3) is 0.479. The van der Waals surface area contributed by atoms with E-state index in [-0.39, 0.29) is 10.8 Å². The highest BCUT2D eigenvalue weighted by molar-refractivity contribution is 5.90. The third kappa shape index (κ3) is 12.6. The van der Waals surface area contributed by atoms with Gasteiger partial charge in [-0.15, -0.1) is 0 Å². The van der Waals surface area contributed by atoms with E-state index in [9.17, 15) is 9.90 Å². The number of hydrogen-bond donors (Lipinski definition) is 1. The molecule has 8 rings (SSSR count). The van der Waals surface area contributed by atoms with Crippen LogP contribution in [0.3, 0.4) is 0 Å². The molecule has 2 aliphatic carbocycles. The zero-order valence-corrected chi connectivity index (χ0v) is 46.3. The summed E-state index contributed by atoms with van der Waals surface area (Å²) in [5.74, 6) is -0.900. The van der Waals surface area contributed by atoms with Crippen molar-refractivity contribution in [2.75, 3.05) is 4.90 Å². The van der Waals surface area contributed by atoms with E-state index in [1.54, 1.807) is 23.3 Å². The molecule has 3 heteroatoms. The van der Waals surface area contributed by atoms with Crippen molar-refractivity contribution in [2.45, 2.75) is 218 Å². The summed E-state index contributed by atoms with van der Waals surface area (Å²) in [6, 6.07) is 50.3. The van der Waals surface area contributed by atoms with Crippen molar-refractivity contribution in [3.63, 3.8) is 0 Å². The Balaban J connectivity index is 1.25. The van der Waals surface area contributed by atoms with E-state index in [0.717, 1.165) is 16.8 Å². The Morgan fingerprint density at radius 1 is 0.351 bits per heavy atom. The summed E-state index contributed by atoms with van der Waals surface area (Å²) in [7, 11) is 0. The lowest BCUT2D eigenvalue weighted by atomic mass is 9.70. The first-order valence-electron chi connectivity index (χ1n) is 30.1. The predicted molar refractivity (Wildman–Crippen MR) is 318 cm³/mol. The summed E-state index contributed by atoms with van der Waals surface area (Å²) in [6.07, 6.45) is 36.0. The van der Waals surface area contributed by atoms with Crippen LogP contribution >= 0.6 is 0 Å². The van der Waals surface area contributed by atoms with Gasteiger partial charge in [0.05, 0.1) is 5.56 Å². The summed E-state index contributed by atoms with van der Waals surface area (Å²) >= 11 is 0. The molecule has 0 atom stereocenters. The normalized spacial score (nSPS) is 13.6. The van der Waals surface area contributed by atoms with Gasteiger partial charge in [-0.3, -0.25) is 0 Å². The van der Waals surface area contributed by atoms with Crippen LogP contribution in [0.25, 0.3) is 33.4 Å². The molecular weight excluding hydrogens is 899 g/mol. The topological polar surface area (TPSA) is 40.5 Å². The number of aromatic carboxylic acids is 1. The van der Waals surface area contributed by atoms with Crippen molar-refractivity contribution >= 4 is 23.0 Å². The number of rotatable bonds is 33. The molecule has 0 bridgehead atoms. The lowest BCUT2D eigenvalue weighted by Crippen LogP contribution is -2.26. The average molecular weight is 991 g/mol. The zero-order chi connectivity index (χ0) is 51.6. The van der Waals surface area contributed by atoms with Crippen molar-refractivity contribution in [3.05, 3.63) is 161 Å². The number of carbonyl (C=O) groups is 1. The van der Waals surface area contributed by atoms with Crippen LogP contribution in [-0.4, -0.2) is 11.1 Å². The van der Waals surface area contributed by atoms with Gasteiger partial charge in [0, 0.05) is 27.9 Å². The monoisotopic (exact) mass is 990 g/mol. The molecule has 6 aromatic carbocycles. The highest BCUT2D eigenvalue weighted by Gasteiger charge is 2.44. The molecule has 0 saturated heterocycles. The molecule has 1 N–H and O–H groups in total. The van der Waals surface area contributed by atoms with Crippen LogP contribution in [0.15, 0.2) is 133 Å². The second-order valence-corrected chi connectivity index (χ2v) is 22.6. The Labute approximate surface area is 448 Å². The van der Waals surface area contributed by atoms with Gasteiger partial charge >= 0.3 is 5.97 Å². The van der Waals surface area contributed by atoms with Crippen molar-refractivity contribution in [1.29, 1.82) is 0 Å². The number of anilines is 3. The maximum Gasteiger partial charge on any atom is 0.335 e. The molecule has 0 radical (unpaired) electrons. The maximum atomic E-state index is 11.8. The fourth-order valence-electron chi connectivity index (χ4n) is 13.4. The summed E-state index contributed by atoms with van der Waals surface area (Å²) < 4.78 is 0. The van der Waals surface area contributed by atoms with Crippen LogP contribution in [0.5, 0.6) is 0 Å². The van der Waals surface area contributed by atoms with Crippen LogP contribution in [0.4, 0.5) is 17.1 Å². The molecule has 0 saturated carbocycles. The van der Waals surface area contributed by atoms with Crippen LogP contribution in [0.1, 0.15) is 240 Å². The molecule has 392 valence electrons. The second-order valence-electron chi connectivity index (χ2n) is 22.6. The smallest absolute Gasteiger partial charge is 0.335 e. The minimum Gasteiger partial charge on any atom is -0.478 e. The van der Waals surface area contributed by atoms with E-state index in [0.29, 0.717) is 5.56 Å². The number of benzene rings is 6. The van der Waals surface area contributed by atoms with Gasteiger partial charge in [-0.25, -0.2) is 4.79 Å². The van der Waals surface area contributed by atoms with Crippen molar-refractivity contribution in [2.24, 2.45) is 0 Å². The lowest BCUT2D eigenvalue weighted by molar-refractivity contribution is 0.0697. The summed E-state index contributed by atoms with van der Waals surface area (Å²) in [4.78, 5) is 14.4. The average Bonchev–Trinajstić information content (AvgIpc) is 3.86. The van der Waals surface area contributed by atoms with E-state index in [1.165, 1.54) is 225 Å². The summed E-state index contributed by atoms with van der Waals surface area (Å²) in [5, 5.41) is 9.67. The maximum absolute atomic E-state index is 11.8. The molecule has 0 aliphatic heterocycles. The Hall–Kier alpha value is -5.41. The van der Waals surface area contributed by atoms with Crippen LogP contribution in [-0.2, 0) is 10.8 Å². The van der Waals surface area contributed by atoms with Crippen LogP contribution in [0, 0.1) is 0 Å². The third-order valence-electron chi connectivity index (χ3n) is 17.4. The van der Waals surface area contributed by atoms with Gasteiger partial charge in [0.1, 0.15) is 0 Å². The molecule has 0 fully saturated rings. The Morgan fingerprint density at radius 3 is 1.03 bits per heavy atom. The van der Waals surface area contributed by atoms with E-state index in [2.05, 4.69) is 142 Å². The van der Waals surface area contributed by atoms with E-state index < -0.39 is 5.97 Å². The molecule has 0 amide bonds. The minimum atomic E-state index is -0.900. The number of unbranched alkanes of at least 4 members (excludes halogenated alkanes) is 20. The van der Waals surface area contributed by atoms with Gasteiger partial charge in [-0.2, -0.15) is 0 Å². The first-order valence-corrected chi connectivity index (χ1v) is 30.1. The Morgan fingerprint density at radius 2 is 0.662 bits per heavy atom. The molecule has 0 aromatic heterocycles. The molecule has 0 heterocycles. The van der Waals surface area contributed by atoms with Crippen LogP contribution in [0.2, 0.25) is 0 Å². The molecule has 0 unspecified atom stereocenters. The predicted octanol–water partition coefficient (Wildman–Crippen LogP) is 22.1. The fourth-order valence-corrected chi connectivity index (χ4v) is 13.4.